The number of aromatic amines is 1. The largest absolute Gasteiger partial charge is 0.347 e. The van der Waals surface area contributed by atoms with Gasteiger partial charge < -0.3 is 0 Å². The van der Waals surface area contributed by atoms with E-state index < -0.39 is 0 Å². The molecule has 0 spiro atoms. The predicted octanol–water partition coefficient (Wildman–Crippen LogP) is 1.03. The van der Waals surface area contributed by atoms with Crippen molar-refractivity contribution in [1.29, 1.82) is 0 Å². The molecule has 0 aliphatic carbocycles. The fraction of sp³-hybridized carbons (Fsp3) is 0.125. The van der Waals surface area contributed by atoms with Crippen LogP contribution in [0.3, 0.4) is 0 Å². The lowest BCUT2D eigenvalue weighted by Crippen LogP contribution is -2.14. The number of halogens is 1. The van der Waals surface area contributed by atoms with Gasteiger partial charge in [0.1, 0.15) is 10.9 Å². The first-order chi connectivity index (χ1) is 6.68. The molecule has 0 aromatic carbocycles. The maximum absolute atomic E-state index is 11.2. The lowest BCUT2D eigenvalue weighted by atomic mass is 10.3. The van der Waals surface area contributed by atoms with Crippen molar-refractivity contribution < 1.29 is 0 Å². The van der Waals surface area contributed by atoms with Crippen LogP contribution in [0.15, 0.2) is 28.0 Å². The summed E-state index contributed by atoms with van der Waals surface area (Å²) in [5, 5.41) is 5.96. The predicted molar refractivity (Wildman–Crippen MR) is 54.4 cm³/mol. The second-order valence-corrected chi connectivity index (χ2v) is 3.58. The van der Waals surface area contributed by atoms with E-state index >= 15 is 0 Å². The molecule has 0 radical (unpaired) electrons. The number of hydrogen-bond donors (Lipinski definition) is 1. The van der Waals surface area contributed by atoms with Crippen LogP contribution in [-0.2, 0) is 0 Å². The van der Waals surface area contributed by atoms with Crippen molar-refractivity contribution >= 4 is 15.9 Å². The maximum Gasteiger partial charge on any atom is 0.347 e. The van der Waals surface area contributed by atoms with Gasteiger partial charge in [-0.3, -0.25) is 0 Å². The van der Waals surface area contributed by atoms with Crippen LogP contribution in [0.4, 0.5) is 0 Å². The first-order valence-corrected chi connectivity index (χ1v) is 4.72. The lowest BCUT2D eigenvalue weighted by Gasteiger charge is -2.01. The van der Waals surface area contributed by atoms with E-state index in [0.29, 0.717) is 5.69 Å². The van der Waals surface area contributed by atoms with Crippen LogP contribution >= 0.6 is 15.9 Å². The van der Waals surface area contributed by atoms with Crippen LogP contribution in [0, 0.1) is 6.92 Å². The molecule has 14 heavy (non-hydrogen) atoms. The molecule has 0 atom stereocenters. The Bertz CT molecular complexity index is 516. The summed E-state index contributed by atoms with van der Waals surface area (Å²) in [5.41, 5.74) is 1.40. The molecule has 0 unspecified atom stereocenters. The van der Waals surface area contributed by atoms with Crippen molar-refractivity contribution in [2.75, 3.05) is 0 Å². The number of aromatic nitrogens is 4. The smallest absolute Gasteiger partial charge is 0.248 e. The Morgan fingerprint density at radius 2 is 2.36 bits per heavy atom. The summed E-state index contributed by atoms with van der Waals surface area (Å²) in [5.74, 6) is 0. The highest BCUT2D eigenvalue weighted by molar-refractivity contribution is 9.10. The summed E-state index contributed by atoms with van der Waals surface area (Å²) >= 11 is 3.29. The molecule has 0 saturated heterocycles. The highest BCUT2D eigenvalue weighted by Gasteiger charge is 2.03. The average molecular weight is 255 g/mol. The van der Waals surface area contributed by atoms with Crippen LogP contribution in [0.2, 0.25) is 0 Å². The number of pyridine rings is 1. The van der Waals surface area contributed by atoms with E-state index in [2.05, 4.69) is 31.1 Å². The molecule has 2 aromatic heterocycles. The summed E-state index contributed by atoms with van der Waals surface area (Å²) in [4.78, 5) is 15.3. The number of nitrogens with one attached hydrogen (secondary N) is 1. The zero-order valence-corrected chi connectivity index (χ0v) is 8.95. The van der Waals surface area contributed by atoms with Gasteiger partial charge in [-0.05, 0) is 34.5 Å². The van der Waals surface area contributed by atoms with E-state index in [1.165, 1.54) is 10.9 Å². The van der Waals surface area contributed by atoms with Crippen LogP contribution in [0.25, 0.3) is 5.69 Å². The van der Waals surface area contributed by atoms with Gasteiger partial charge in [-0.25, -0.2) is 19.4 Å². The Balaban J connectivity index is 2.59. The van der Waals surface area contributed by atoms with Crippen LogP contribution in [-0.4, -0.2) is 19.7 Å². The fourth-order valence-electron chi connectivity index (χ4n) is 1.11. The molecule has 0 saturated carbocycles. The molecule has 0 amide bonds. The van der Waals surface area contributed by atoms with E-state index in [4.69, 9.17) is 0 Å². The lowest BCUT2D eigenvalue weighted by molar-refractivity contribution is 0.966. The molecule has 0 fully saturated rings. The number of aryl methyl sites for hydroxylation is 1. The third-order valence-corrected chi connectivity index (χ3v) is 2.66. The van der Waals surface area contributed by atoms with Gasteiger partial charge in [-0.1, -0.05) is 0 Å². The molecule has 0 aliphatic heterocycles. The Morgan fingerprint density at radius 1 is 1.57 bits per heavy atom. The number of hydrogen-bond acceptors (Lipinski definition) is 3. The van der Waals surface area contributed by atoms with Crippen molar-refractivity contribution in [3.63, 3.8) is 0 Å². The second-order valence-electron chi connectivity index (χ2n) is 2.83. The quantitative estimate of drug-likeness (QED) is 0.774. The van der Waals surface area contributed by atoms with Crippen LogP contribution in [0.5, 0.6) is 0 Å². The zero-order valence-electron chi connectivity index (χ0n) is 7.36. The molecule has 0 bridgehead atoms. The highest BCUT2D eigenvalue weighted by Crippen LogP contribution is 2.14. The zero-order chi connectivity index (χ0) is 10.1. The molecule has 2 aromatic rings. The van der Waals surface area contributed by atoms with Crippen molar-refractivity contribution in [3.05, 3.63) is 39.2 Å². The molecule has 1 N–H and O–H groups in total. The van der Waals surface area contributed by atoms with E-state index in [9.17, 15) is 4.79 Å². The van der Waals surface area contributed by atoms with Crippen molar-refractivity contribution in [3.8, 4) is 5.69 Å². The number of nitrogens with zero attached hydrogens (tertiary/aromatic N) is 3. The van der Waals surface area contributed by atoms with Crippen molar-refractivity contribution in [2.24, 2.45) is 0 Å². The van der Waals surface area contributed by atoms with Crippen LogP contribution < -0.4 is 5.69 Å². The SMILES string of the molecule is Cc1cc(-n2cn[nH]c2=O)cnc1Br. The summed E-state index contributed by atoms with van der Waals surface area (Å²) in [7, 11) is 0. The monoisotopic (exact) mass is 254 g/mol. The van der Waals surface area contributed by atoms with E-state index in [1.54, 1.807) is 6.20 Å². The van der Waals surface area contributed by atoms with Crippen molar-refractivity contribution in [2.45, 2.75) is 6.92 Å². The van der Waals surface area contributed by atoms with Gasteiger partial charge in [0, 0.05) is 0 Å². The van der Waals surface area contributed by atoms with Gasteiger partial charge in [-0.2, -0.15) is 5.10 Å². The van der Waals surface area contributed by atoms with Gasteiger partial charge in [0.15, 0.2) is 0 Å². The fourth-order valence-corrected chi connectivity index (χ4v) is 1.32. The standard InChI is InChI=1S/C8H7BrN4O/c1-5-2-6(3-10-7(5)9)13-4-11-12-8(13)14/h2-4H,1H3,(H,12,14). The Labute approximate surface area is 87.9 Å². The Hall–Kier alpha value is -1.43. The van der Waals surface area contributed by atoms with Crippen LogP contribution in [0.1, 0.15) is 5.56 Å². The number of H-pyrrole nitrogens is 1. The minimum Gasteiger partial charge on any atom is -0.248 e. The minimum absolute atomic E-state index is 0.270. The normalized spacial score (nSPS) is 10.4. The Morgan fingerprint density at radius 3 is 2.93 bits per heavy atom. The molecule has 72 valence electrons. The van der Waals surface area contributed by atoms with Gasteiger partial charge in [0.25, 0.3) is 0 Å². The van der Waals surface area contributed by atoms with Crippen molar-refractivity contribution in [1.82, 2.24) is 19.7 Å². The molecule has 5 nitrogen and oxygen atoms in total. The van der Waals surface area contributed by atoms with Gasteiger partial charge in [0.2, 0.25) is 0 Å². The third kappa shape index (κ3) is 1.48. The molecule has 2 heterocycles. The summed E-state index contributed by atoms with van der Waals surface area (Å²) < 4.78 is 2.17. The minimum atomic E-state index is -0.270. The maximum atomic E-state index is 11.2. The molecule has 6 heteroatoms. The van der Waals surface area contributed by atoms with E-state index in [1.807, 2.05) is 13.0 Å². The first-order valence-electron chi connectivity index (χ1n) is 3.93. The van der Waals surface area contributed by atoms with Gasteiger partial charge in [0.05, 0.1) is 11.9 Å². The molecule has 2 rings (SSSR count). The van der Waals surface area contributed by atoms with Gasteiger partial charge >= 0.3 is 5.69 Å². The Kier molecular flexibility index (Phi) is 2.20. The molecular weight excluding hydrogens is 248 g/mol. The van der Waals surface area contributed by atoms with E-state index in [-0.39, 0.29) is 5.69 Å². The summed E-state index contributed by atoms with van der Waals surface area (Å²) in [6, 6.07) is 1.86. The topological polar surface area (TPSA) is 63.6 Å². The first kappa shape index (κ1) is 9.14. The summed E-state index contributed by atoms with van der Waals surface area (Å²) in [6.07, 6.45) is 3.03. The highest BCUT2D eigenvalue weighted by atomic mass is 79.9. The molecule has 0 aliphatic rings. The average Bonchev–Trinajstić information content (AvgIpc) is 2.57. The van der Waals surface area contributed by atoms with E-state index in [0.717, 1.165) is 10.2 Å². The van der Waals surface area contributed by atoms with Gasteiger partial charge in [-0.15, -0.1) is 0 Å². The third-order valence-electron chi connectivity index (χ3n) is 1.83. The molecular formula is C8H7BrN4O. The number of rotatable bonds is 1. The second kappa shape index (κ2) is 3.38. The summed E-state index contributed by atoms with van der Waals surface area (Å²) in [6.45, 7) is 1.91.